The van der Waals surface area contributed by atoms with Gasteiger partial charge in [-0.15, -0.1) is 0 Å². The van der Waals surface area contributed by atoms with E-state index < -0.39 is 18.0 Å². The van der Waals surface area contributed by atoms with E-state index in [1.165, 1.54) is 84.7 Å². The molecule has 0 spiro atoms. The first kappa shape index (κ1) is 22.9. The first-order chi connectivity index (χ1) is 11.6. The molecule has 0 amide bonds. The van der Waals surface area contributed by atoms with Gasteiger partial charge in [0.1, 0.15) is 0 Å². The molecule has 0 radical (unpaired) electrons. The third-order valence-electron chi connectivity index (χ3n) is 4.34. The maximum absolute atomic E-state index is 11.5. The van der Waals surface area contributed by atoms with Gasteiger partial charge in [-0.2, -0.15) is 0 Å². The van der Waals surface area contributed by atoms with Gasteiger partial charge >= 0.3 is 11.9 Å². The van der Waals surface area contributed by atoms with E-state index in [1.54, 1.807) is 0 Å². The summed E-state index contributed by atoms with van der Waals surface area (Å²) in [7, 11) is 1.32. The number of ether oxygens (including phenoxy) is 2. The van der Waals surface area contributed by atoms with E-state index in [0.717, 1.165) is 12.8 Å². The van der Waals surface area contributed by atoms with Crippen molar-refractivity contribution in [2.45, 2.75) is 110 Å². The zero-order valence-electron chi connectivity index (χ0n) is 16.1. The minimum atomic E-state index is -0.736. The van der Waals surface area contributed by atoms with Gasteiger partial charge in [0.2, 0.25) is 0 Å². The Morgan fingerprint density at radius 1 is 0.750 bits per heavy atom. The molecule has 0 fully saturated rings. The Balaban J connectivity index is 3.42. The molecule has 4 nitrogen and oxygen atoms in total. The summed E-state index contributed by atoms with van der Waals surface area (Å²) in [4.78, 5) is 22.5. The van der Waals surface area contributed by atoms with Crippen LogP contribution in [0.2, 0.25) is 0 Å². The number of methoxy groups -OCH3 is 1. The van der Waals surface area contributed by atoms with E-state index in [1.807, 2.05) is 0 Å². The minimum Gasteiger partial charge on any atom is -0.466 e. The van der Waals surface area contributed by atoms with Crippen molar-refractivity contribution in [2.24, 2.45) is 0 Å². The van der Waals surface area contributed by atoms with Crippen LogP contribution in [0, 0.1) is 0 Å². The molecule has 1 atom stereocenters. The highest BCUT2D eigenvalue weighted by molar-refractivity contribution is 5.78. The van der Waals surface area contributed by atoms with Gasteiger partial charge in [-0.25, -0.2) is 4.79 Å². The van der Waals surface area contributed by atoms with Crippen molar-refractivity contribution < 1.29 is 19.1 Å². The van der Waals surface area contributed by atoms with Crippen molar-refractivity contribution >= 4 is 11.9 Å². The number of hydrogen-bond acceptors (Lipinski definition) is 4. The average molecular weight is 343 g/mol. The summed E-state index contributed by atoms with van der Waals surface area (Å²) in [6.07, 6.45) is 16.5. The lowest BCUT2D eigenvalue weighted by Crippen LogP contribution is -2.27. The third kappa shape index (κ3) is 14.5. The predicted molar refractivity (Wildman–Crippen MR) is 97.9 cm³/mol. The summed E-state index contributed by atoms with van der Waals surface area (Å²) < 4.78 is 9.66. The maximum Gasteiger partial charge on any atom is 0.347 e. The molecule has 0 rings (SSSR count). The van der Waals surface area contributed by atoms with Crippen LogP contribution in [0.15, 0.2) is 0 Å². The molecule has 0 heterocycles. The van der Waals surface area contributed by atoms with E-state index in [-0.39, 0.29) is 0 Å². The van der Waals surface area contributed by atoms with Gasteiger partial charge in [-0.05, 0) is 12.8 Å². The van der Waals surface area contributed by atoms with Crippen LogP contribution in [0.1, 0.15) is 104 Å². The molecule has 0 aromatic carbocycles. The summed E-state index contributed by atoms with van der Waals surface area (Å²) in [5, 5.41) is 0. The summed E-state index contributed by atoms with van der Waals surface area (Å²) in [6.45, 7) is 3.58. The van der Waals surface area contributed by atoms with Crippen molar-refractivity contribution in [3.8, 4) is 0 Å². The number of unbranched alkanes of at least 4 members (excludes halogenated alkanes) is 12. The number of rotatable bonds is 16. The van der Waals surface area contributed by atoms with Gasteiger partial charge in [-0.3, -0.25) is 4.79 Å². The maximum atomic E-state index is 11.5. The molecule has 0 bridgehead atoms. The molecule has 0 aliphatic heterocycles. The summed E-state index contributed by atoms with van der Waals surface area (Å²) in [5.41, 5.74) is 0. The van der Waals surface area contributed by atoms with Gasteiger partial charge in [0.25, 0.3) is 0 Å². The Bertz CT molecular complexity index is 315. The van der Waals surface area contributed by atoms with Crippen LogP contribution < -0.4 is 0 Å². The van der Waals surface area contributed by atoms with Crippen LogP contribution >= 0.6 is 0 Å². The van der Waals surface area contributed by atoms with Crippen LogP contribution in [0.25, 0.3) is 0 Å². The van der Waals surface area contributed by atoms with Crippen LogP contribution in [0.3, 0.4) is 0 Å². The highest BCUT2D eigenvalue weighted by Crippen LogP contribution is 2.14. The second-order valence-electron chi connectivity index (χ2n) is 6.65. The Hall–Kier alpha value is -1.06. The Labute approximate surface area is 148 Å². The van der Waals surface area contributed by atoms with E-state index in [9.17, 15) is 9.59 Å². The number of hydrogen-bond donors (Lipinski definition) is 0. The van der Waals surface area contributed by atoms with Crippen molar-refractivity contribution in [1.82, 2.24) is 0 Å². The minimum absolute atomic E-state index is 0.430. The van der Waals surface area contributed by atoms with Crippen LogP contribution in [-0.2, 0) is 19.1 Å². The lowest BCUT2D eigenvalue weighted by molar-refractivity contribution is -0.165. The van der Waals surface area contributed by atoms with Crippen LogP contribution in [-0.4, -0.2) is 25.2 Å². The first-order valence-corrected chi connectivity index (χ1v) is 9.86. The van der Waals surface area contributed by atoms with Gasteiger partial charge in [0.05, 0.1) is 7.11 Å². The largest absolute Gasteiger partial charge is 0.466 e. The van der Waals surface area contributed by atoms with Crippen molar-refractivity contribution in [1.29, 1.82) is 0 Å². The monoisotopic (exact) mass is 342 g/mol. The summed E-state index contributed by atoms with van der Waals surface area (Å²) >= 11 is 0. The number of esters is 2. The molecule has 0 saturated carbocycles. The predicted octanol–water partition coefficient (Wildman–Crippen LogP) is 5.57. The third-order valence-corrected chi connectivity index (χ3v) is 4.34. The van der Waals surface area contributed by atoms with Crippen LogP contribution in [0.4, 0.5) is 0 Å². The molecule has 1 unspecified atom stereocenters. The van der Waals surface area contributed by atoms with Gasteiger partial charge < -0.3 is 9.47 Å². The second kappa shape index (κ2) is 16.8. The van der Waals surface area contributed by atoms with E-state index in [2.05, 4.69) is 11.7 Å². The molecule has 0 saturated heterocycles. The molecule has 24 heavy (non-hydrogen) atoms. The second-order valence-corrected chi connectivity index (χ2v) is 6.65. The summed E-state index contributed by atoms with van der Waals surface area (Å²) in [6, 6.07) is 0. The Morgan fingerprint density at radius 3 is 1.54 bits per heavy atom. The summed E-state index contributed by atoms with van der Waals surface area (Å²) in [5.74, 6) is -0.885. The van der Waals surface area contributed by atoms with Gasteiger partial charge in [0.15, 0.2) is 6.10 Å². The SMILES string of the molecule is CCCCCCCCCCCCCCCC(OC(C)=O)C(=O)OC. The molecule has 0 N–H and O–H groups in total. The smallest absolute Gasteiger partial charge is 0.347 e. The number of carbonyl (C=O) groups is 2. The zero-order valence-corrected chi connectivity index (χ0v) is 16.1. The standard InChI is InChI=1S/C20H38O4/c1-4-5-6-7-8-9-10-11-12-13-14-15-16-17-19(20(22)23-3)24-18(2)21/h19H,4-17H2,1-3H3. The van der Waals surface area contributed by atoms with Crippen molar-refractivity contribution in [2.75, 3.05) is 7.11 Å². The Morgan fingerprint density at radius 2 is 1.17 bits per heavy atom. The topological polar surface area (TPSA) is 52.6 Å². The Kier molecular flexibility index (Phi) is 16.0. The first-order valence-electron chi connectivity index (χ1n) is 9.86. The molecular weight excluding hydrogens is 304 g/mol. The molecule has 0 aromatic heterocycles. The van der Waals surface area contributed by atoms with Gasteiger partial charge in [-0.1, -0.05) is 84.0 Å². The molecule has 0 aliphatic rings. The molecular formula is C20H38O4. The van der Waals surface area contributed by atoms with E-state index in [0.29, 0.717) is 6.42 Å². The molecule has 0 aromatic rings. The average Bonchev–Trinajstić information content (AvgIpc) is 2.56. The molecule has 4 heteroatoms. The van der Waals surface area contributed by atoms with E-state index in [4.69, 9.17) is 4.74 Å². The lowest BCUT2D eigenvalue weighted by atomic mass is 10.0. The quantitative estimate of drug-likeness (QED) is 0.272. The fraction of sp³-hybridized carbons (Fsp3) is 0.900. The van der Waals surface area contributed by atoms with Crippen molar-refractivity contribution in [3.63, 3.8) is 0 Å². The normalized spacial score (nSPS) is 12.0. The fourth-order valence-corrected chi connectivity index (χ4v) is 2.90. The molecule has 142 valence electrons. The zero-order chi connectivity index (χ0) is 18.0. The number of carbonyl (C=O) groups excluding carboxylic acids is 2. The molecule has 0 aliphatic carbocycles. The van der Waals surface area contributed by atoms with Gasteiger partial charge in [0, 0.05) is 6.92 Å². The van der Waals surface area contributed by atoms with Crippen LogP contribution in [0.5, 0.6) is 0 Å². The highest BCUT2D eigenvalue weighted by atomic mass is 16.6. The lowest BCUT2D eigenvalue weighted by Gasteiger charge is -2.14. The highest BCUT2D eigenvalue weighted by Gasteiger charge is 2.21. The fourth-order valence-electron chi connectivity index (χ4n) is 2.90. The van der Waals surface area contributed by atoms with Crippen molar-refractivity contribution in [3.05, 3.63) is 0 Å². The van der Waals surface area contributed by atoms with E-state index >= 15 is 0 Å².